The van der Waals surface area contributed by atoms with E-state index in [1.165, 1.54) is 6.92 Å². The third-order valence-electron chi connectivity index (χ3n) is 11.2. The van der Waals surface area contributed by atoms with Gasteiger partial charge >= 0.3 is 29.8 Å². The number of hydrogen-bond donors (Lipinski definition) is 8. The summed E-state index contributed by atoms with van der Waals surface area (Å²) in [5, 5.41) is 51.2. The first-order valence-electron chi connectivity index (χ1n) is 22.5. The van der Waals surface area contributed by atoms with E-state index in [0.717, 1.165) is 25.9 Å². The number of ketones is 1. The molecule has 0 fully saturated rings. The van der Waals surface area contributed by atoms with E-state index in [2.05, 4.69) is 30.2 Å². The number of hydrogen-bond acceptors (Lipinski definition) is 14. The maximum Gasteiger partial charge on any atom is 0.303 e. The average Bonchev–Trinajstić information content (AvgIpc) is 3.90. The number of Topliss-reactive ketones (excluding diaryl/α,β-unsaturated/α-hetero) is 1. The molecule has 2 aromatic heterocycles. The van der Waals surface area contributed by atoms with Crippen LogP contribution in [0.15, 0.2) is 49.1 Å². The van der Waals surface area contributed by atoms with Gasteiger partial charge in [-0.25, -0.2) is 9.97 Å². The summed E-state index contributed by atoms with van der Waals surface area (Å²) in [5.74, 6) is -4.62. The molecule has 3 rings (SSSR count). The Morgan fingerprint density at radius 1 is 0.686 bits per heavy atom. The first-order chi connectivity index (χ1) is 33.0. The predicted molar refractivity (Wildman–Crippen MR) is 250 cm³/mol. The highest BCUT2D eigenvalue weighted by Gasteiger charge is 2.35. The summed E-state index contributed by atoms with van der Waals surface area (Å²) < 4.78 is 32.7. The predicted octanol–water partition coefficient (Wildman–Crippen LogP) is 3.36. The minimum Gasteiger partial charge on any atom is -0.755 e. The second kappa shape index (κ2) is 30.7. The minimum absolute atomic E-state index is 0.0200. The van der Waals surface area contributed by atoms with Crippen LogP contribution in [0.2, 0.25) is 0 Å². The van der Waals surface area contributed by atoms with E-state index in [1.807, 2.05) is 6.92 Å². The molecule has 2 amide bonds. The standard InChI is InChI=1S/C28H41N5O10S.C17H25N3O6/c1-2-32(16-3-4-18-43-22-7-5-21(6-8-22)31-44(41)42)19-23-29-15-17-33(23)20-24(34)30-28(12-9-25(35)36,13-10-26(37)38)14-11-27(39)40;1-12(21)3-6-17(7-4-15(23)24,8-5-16(25)26)19-14(22)11-20-10-9-18-13(20)2/h5-8,15,17,31H,2-4,9-14,16,18-20H2,1H3,(H,30,34)(H,35,36)(H,37,38)(H,39,40)(H,41,42);9-10H,3-8,11H2,1-2H3,(H,19,22)(H,23,24)(H,25,26)/p-1. The Labute approximate surface area is 407 Å². The lowest BCUT2D eigenvalue weighted by Gasteiger charge is -2.34. The quantitative estimate of drug-likeness (QED) is 0.0309. The Morgan fingerprint density at radius 3 is 1.54 bits per heavy atom. The Morgan fingerprint density at radius 2 is 1.13 bits per heavy atom. The van der Waals surface area contributed by atoms with Crippen LogP contribution >= 0.6 is 0 Å². The van der Waals surface area contributed by atoms with Crippen LogP contribution in [0.25, 0.3) is 0 Å². The number of aromatic nitrogens is 4. The Bertz CT molecular complexity index is 2120. The molecule has 1 unspecified atom stereocenters. The van der Waals surface area contributed by atoms with Crippen LogP contribution in [-0.4, -0.2) is 137 Å². The monoisotopic (exact) mass is 1010 g/mol. The number of aliphatic carboxylic acids is 5. The van der Waals surface area contributed by atoms with Crippen LogP contribution in [0.3, 0.4) is 0 Å². The first-order valence-corrected chi connectivity index (χ1v) is 23.6. The summed E-state index contributed by atoms with van der Waals surface area (Å²) in [4.78, 5) is 103. The molecule has 0 radical (unpaired) electrons. The van der Waals surface area contributed by atoms with Crippen molar-refractivity contribution >= 4 is 64.4 Å². The summed E-state index contributed by atoms with van der Waals surface area (Å²) in [5.41, 5.74) is -1.93. The molecule has 0 aliphatic carbocycles. The second-order valence-corrected chi connectivity index (χ2v) is 17.4. The molecule has 0 saturated heterocycles. The van der Waals surface area contributed by atoms with E-state index in [9.17, 15) is 62.4 Å². The molecule has 8 N–H and O–H groups in total. The molecule has 1 aromatic carbocycles. The van der Waals surface area contributed by atoms with Gasteiger partial charge in [-0.3, -0.25) is 42.7 Å². The minimum atomic E-state index is -2.39. The lowest BCUT2D eigenvalue weighted by molar-refractivity contribution is -0.140. The number of carbonyl (C=O) groups excluding carboxylic acids is 3. The number of carboxylic acids is 5. The zero-order valence-corrected chi connectivity index (χ0v) is 40.4. The van der Waals surface area contributed by atoms with Gasteiger partial charge in [-0.05, 0) is 103 Å². The third kappa shape index (κ3) is 24.5. The van der Waals surface area contributed by atoms with Crippen LogP contribution in [0, 0.1) is 6.92 Å². The van der Waals surface area contributed by atoms with Crippen LogP contribution in [0.4, 0.5) is 5.69 Å². The van der Waals surface area contributed by atoms with Crippen molar-refractivity contribution in [2.45, 2.75) is 141 Å². The zero-order chi connectivity index (χ0) is 52.3. The number of ether oxygens (including phenoxy) is 1. The maximum atomic E-state index is 13.1. The zero-order valence-electron chi connectivity index (χ0n) is 39.6. The molecule has 0 saturated carbocycles. The third-order valence-corrected chi connectivity index (χ3v) is 11.6. The molecule has 3 aromatic rings. The number of unbranched alkanes of at least 4 members (excludes halogenated alkanes) is 1. The van der Waals surface area contributed by atoms with E-state index in [-0.39, 0.29) is 102 Å². The number of rotatable bonds is 35. The molecule has 0 aliphatic heterocycles. The highest BCUT2D eigenvalue weighted by atomic mass is 32.2. The number of amides is 2. The highest BCUT2D eigenvalue weighted by Crippen LogP contribution is 2.28. The molecule has 24 nitrogen and oxygen atoms in total. The van der Waals surface area contributed by atoms with E-state index < -0.39 is 58.1 Å². The molecule has 1 atom stereocenters. The van der Waals surface area contributed by atoms with Gasteiger partial charge in [-0.15, -0.1) is 0 Å². The Kier molecular flexibility index (Phi) is 26.0. The summed E-state index contributed by atoms with van der Waals surface area (Å²) in [7, 11) is 0. The SMILES string of the molecule is CC(=O)CCC(CCC(=O)O)(CCC(=O)O)NC(=O)Cn1ccnc1C.CCN(CCCCOc1ccc(NS(=O)[O-])cc1)Cc1nccn1CC(=O)NC(CCC(=O)O)(CCC(=O)O)CCC(=O)O. The molecular weight excluding hydrogens is 941 g/mol. The van der Waals surface area contributed by atoms with Gasteiger partial charge in [0.25, 0.3) is 0 Å². The fourth-order valence-electron chi connectivity index (χ4n) is 7.35. The van der Waals surface area contributed by atoms with Gasteiger partial charge in [0.05, 0.1) is 13.2 Å². The maximum absolute atomic E-state index is 13.1. The van der Waals surface area contributed by atoms with Gasteiger partial charge in [0.1, 0.15) is 36.3 Å². The molecule has 2 heterocycles. The van der Waals surface area contributed by atoms with Crippen LogP contribution < -0.4 is 20.1 Å². The molecule has 0 bridgehead atoms. The van der Waals surface area contributed by atoms with Crippen molar-refractivity contribution in [2.75, 3.05) is 24.4 Å². The number of carbonyl (C=O) groups is 8. The molecule has 0 aliphatic rings. The number of nitrogens with zero attached hydrogens (tertiary/aromatic N) is 5. The fraction of sp³-hybridized carbons (Fsp3) is 0.556. The van der Waals surface area contributed by atoms with E-state index in [1.54, 1.807) is 65.1 Å². The van der Waals surface area contributed by atoms with Gasteiger partial charge in [0.15, 0.2) is 0 Å². The fourth-order valence-corrected chi connectivity index (χ4v) is 7.68. The van der Waals surface area contributed by atoms with E-state index in [4.69, 9.17) is 14.9 Å². The number of aryl methyl sites for hydroxylation is 1. The second-order valence-electron chi connectivity index (χ2n) is 16.7. The van der Waals surface area contributed by atoms with Crippen molar-refractivity contribution in [1.82, 2.24) is 34.6 Å². The molecular formula is C45H65N8O16S-. The summed E-state index contributed by atoms with van der Waals surface area (Å²) in [6, 6.07) is 6.57. The Hall–Kier alpha value is -6.73. The van der Waals surface area contributed by atoms with Crippen molar-refractivity contribution in [1.29, 1.82) is 0 Å². The lowest BCUT2D eigenvalue weighted by Crippen LogP contribution is -2.50. The van der Waals surface area contributed by atoms with Crippen molar-refractivity contribution in [3.8, 4) is 5.75 Å². The summed E-state index contributed by atoms with van der Waals surface area (Å²) >= 11 is -2.39. The smallest absolute Gasteiger partial charge is 0.303 e. The largest absolute Gasteiger partial charge is 0.755 e. The van der Waals surface area contributed by atoms with E-state index >= 15 is 0 Å². The van der Waals surface area contributed by atoms with Crippen LogP contribution in [-0.2, 0) is 69.3 Å². The van der Waals surface area contributed by atoms with Gasteiger partial charge in [0, 0.05) is 91.3 Å². The van der Waals surface area contributed by atoms with Crippen molar-refractivity contribution in [2.24, 2.45) is 0 Å². The van der Waals surface area contributed by atoms with Crippen LogP contribution in [0.1, 0.15) is 115 Å². The number of benzene rings is 1. The first kappa shape index (κ1) is 59.4. The van der Waals surface area contributed by atoms with Gasteiger partial charge < -0.3 is 64.1 Å². The van der Waals surface area contributed by atoms with Gasteiger partial charge in [0.2, 0.25) is 11.8 Å². The van der Waals surface area contributed by atoms with E-state index in [0.29, 0.717) is 36.2 Å². The average molecular weight is 1010 g/mol. The van der Waals surface area contributed by atoms with Crippen LogP contribution in [0.5, 0.6) is 5.75 Å². The molecule has 70 heavy (non-hydrogen) atoms. The summed E-state index contributed by atoms with van der Waals surface area (Å²) in [6.07, 6.45) is 6.55. The summed E-state index contributed by atoms with van der Waals surface area (Å²) in [6.45, 7) is 7.35. The Balaban J connectivity index is 0.000000549. The van der Waals surface area contributed by atoms with Crippen molar-refractivity contribution < 1.29 is 77.4 Å². The number of nitrogens with one attached hydrogen (secondary N) is 3. The molecule has 388 valence electrons. The topological polar surface area (TPSA) is 362 Å². The van der Waals surface area contributed by atoms with Crippen molar-refractivity contribution in [3.63, 3.8) is 0 Å². The van der Waals surface area contributed by atoms with Gasteiger partial charge in [-0.1, -0.05) is 6.92 Å². The highest BCUT2D eigenvalue weighted by molar-refractivity contribution is 7.80. The number of carboxylic acid groups (broad SMARTS) is 5. The lowest BCUT2D eigenvalue weighted by atomic mass is 9.83. The number of imidazole rings is 2. The molecule has 0 spiro atoms. The van der Waals surface area contributed by atoms with Gasteiger partial charge in [-0.2, -0.15) is 0 Å². The normalized spacial score (nSPS) is 11.7. The number of anilines is 1. The van der Waals surface area contributed by atoms with Crippen molar-refractivity contribution in [3.05, 3.63) is 60.7 Å². The molecule has 25 heteroatoms.